The van der Waals surface area contributed by atoms with Gasteiger partial charge in [0.05, 0.1) is 5.56 Å². The van der Waals surface area contributed by atoms with Gasteiger partial charge >= 0.3 is 6.03 Å². The highest BCUT2D eigenvalue weighted by Crippen LogP contribution is 2.31. The summed E-state index contributed by atoms with van der Waals surface area (Å²) in [5.41, 5.74) is 3.73. The Morgan fingerprint density at radius 2 is 1.92 bits per heavy atom. The highest BCUT2D eigenvalue weighted by Gasteiger charge is 2.14. The second-order valence-corrected chi connectivity index (χ2v) is 7.14. The van der Waals surface area contributed by atoms with E-state index in [1.807, 2.05) is 46.1 Å². The molecule has 0 spiro atoms. The maximum absolute atomic E-state index is 12.2. The van der Waals surface area contributed by atoms with Crippen LogP contribution in [0.3, 0.4) is 0 Å². The molecule has 0 bridgehead atoms. The molecule has 1 heterocycles. The molecule has 0 saturated carbocycles. The number of amides is 2. The van der Waals surface area contributed by atoms with E-state index in [1.54, 1.807) is 0 Å². The van der Waals surface area contributed by atoms with Crippen LogP contribution in [0.4, 0.5) is 9.80 Å². The predicted octanol–water partition coefficient (Wildman–Crippen LogP) is 3.62. The standard InChI is InChI=1S/C18H22N4OS/c1-12-13(2)24-17(16(12)9-19)21-18(23)20-10-14-7-5-6-8-15(14)11-22(3)4/h5-8H,10-11H2,1-4H3,(H2,20,21,23). The zero-order valence-corrected chi connectivity index (χ0v) is 15.3. The van der Waals surface area contributed by atoms with E-state index in [9.17, 15) is 10.1 Å². The van der Waals surface area contributed by atoms with Crippen molar-refractivity contribution in [2.45, 2.75) is 26.9 Å². The van der Waals surface area contributed by atoms with Crippen LogP contribution in [0.1, 0.15) is 27.1 Å². The van der Waals surface area contributed by atoms with Crippen LogP contribution in [0.2, 0.25) is 0 Å². The number of thiophene rings is 1. The molecule has 6 heteroatoms. The van der Waals surface area contributed by atoms with Crippen LogP contribution in [0, 0.1) is 25.2 Å². The van der Waals surface area contributed by atoms with E-state index in [2.05, 4.69) is 27.7 Å². The van der Waals surface area contributed by atoms with Gasteiger partial charge in [-0.2, -0.15) is 5.26 Å². The number of hydrogen-bond donors (Lipinski definition) is 2. The monoisotopic (exact) mass is 342 g/mol. The first kappa shape index (κ1) is 18.0. The summed E-state index contributed by atoms with van der Waals surface area (Å²) in [7, 11) is 4.03. The van der Waals surface area contributed by atoms with Gasteiger partial charge in [0.2, 0.25) is 0 Å². The summed E-state index contributed by atoms with van der Waals surface area (Å²) in [5.74, 6) is 0. The topological polar surface area (TPSA) is 68.2 Å². The van der Waals surface area contributed by atoms with Crippen molar-refractivity contribution < 1.29 is 4.79 Å². The first-order valence-electron chi connectivity index (χ1n) is 7.68. The zero-order chi connectivity index (χ0) is 17.7. The van der Waals surface area contributed by atoms with Crippen LogP contribution in [-0.2, 0) is 13.1 Å². The van der Waals surface area contributed by atoms with E-state index >= 15 is 0 Å². The van der Waals surface area contributed by atoms with Crippen LogP contribution in [0.5, 0.6) is 0 Å². The maximum Gasteiger partial charge on any atom is 0.320 e. The summed E-state index contributed by atoms with van der Waals surface area (Å²) in [4.78, 5) is 15.3. The molecule has 1 aromatic carbocycles. The molecule has 2 rings (SSSR count). The molecule has 0 saturated heterocycles. The molecule has 0 unspecified atom stereocenters. The van der Waals surface area contributed by atoms with Crippen molar-refractivity contribution in [1.82, 2.24) is 10.2 Å². The number of nitrogens with zero attached hydrogens (tertiary/aromatic N) is 2. The third-order valence-corrected chi connectivity index (χ3v) is 4.89. The van der Waals surface area contributed by atoms with Crippen LogP contribution in [0.15, 0.2) is 24.3 Å². The fourth-order valence-electron chi connectivity index (χ4n) is 2.40. The van der Waals surface area contributed by atoms with Gasteiger partial charge in [0, 0.05) is 18.0 Å². The number of nitriles is 1. The second-order valence-electron chi connectivity index (χ2n) is 5.91. The fraction of sp³-hybridized carbons (Fsp3) is 0.333. The predicted molar refractivity (Wildman–Crippen MR) is 98.2 cm³/mol. The van der Waals surface area contributed by atoms with Crippen LogP contribution >= 0.6 is 11.3 Å². The summed E-state index contributed by atoms with van der Waals surface area (Å²) in [6.45, 7) is 5.11. The number of hydrogen-bond acceptors (Lipinski definition) is 4. The molecule has 0 aliphatic carbocycles. The smallest absolute Gasteiger partial charge is 0.320 e. The van der Waals surface area contributed by atoms with Gasteiger partial charge in [-0.1, -0.05) is 24.3 Å². The van der Waals surface area contributed by atoms with E-state index in [0.717, 1.165) is 22.5 Å². The van der Waals surface area contributed by atoms with Gasteiger partial charge in [0.25, 0.3) is 0 Å². The number of anilines is 1. The van der Waals surface area contributed by atoms with Crippen molar-refractivity contribution in [3.63, 3.8) is 0 Å². The van der Waals surface area contributed by atoms with E-state index in [0.29, 0.717) is 17.1 Å². The Balaban J connectivity index is 2.02. The number of aryl methyl sites for hydroxylation is 1. The molecular weight excluding hydrogens is 320 g/mol. The molecule has 2 aromatic rings. The molecule has 0 aliphatic heterocycles. The quantitative estimate of drug-likeness (QED) is 0.872. The largest absolute Gasteiger partial charge is 0.334 e. The van der Waals surface area contributed by atoms with Gasteiger partial charge in [-0.3, -0.25) is 5.32 Å². The molecular formula is C18H22N4OS. The SMILES string of the molecule is Cc1sc(NC(=O)NCc2ccccc2CN(C)C)c(C#N)c1C. The lowest BCUT2D eigenvalue weighted by atomic mass is 10.1. The molecule has 1 aromatic heterocycles. The maximum atomic E-state index is 12.2. The van der Waals surface area contributed by atoms with Gasteiger partial charge in [-0.15, -0.1) is 11.3 Å². The number of benzene rings is 1. The summed E-state index contributed by atoms with van der Waals surface area (Å²) in [5, 5.41) is 15.5. The number of rotatable bonds is 5. The third kappa shape index (κ3) is 4.34. The molecule has 0 fully saturated rings. The summed E-state index contributed by atoms with van der Waals surface area (Å²) >= 11 is 1.43. The first-order chi connectivity index (χ1) is 11.4. The number of carbonyl (C=O) groups is 1. The van der Waals surface area contributed by atoms with Crippen LogP contribution < -0.4 is 10.6 Å². The van der Waals surface area contributed by atoms with Gasteiger partial charge < -0.3 is 10.2 Å². The average Bonchev–Trinajstić information content (AvgIpc) is 2.79. The number of carbonyl (C=O) groups excluding carboxylic acids is 1. The molecule has 2 amide bonds. The Hall–Kier alpha value is -2.36. The highest BCUT2D eigenvalue weighted by molar-refractivity contribution is 7.16. The van der Waals surface area contributed by atoms with Crippen molar-refractivity contribution in [2.75, 3.05) is 19.4 Å². The van der Waals surface area contributed by atoms with Crippen molar-refractivity contribution in [3.05, 3.63) is 51.4 Å². The van der Waals surface area contributed by atoms with Gasteiger partial charge in [-0.05, 0) is 44.6 Å². The molecule has 24 heavy (non-hydrogen) atoms. The molecule has 0 atom stereocenters. The van der Waals surface area contributed by atoms with E-state index < -0.39 is 0 Å². The van der Waals surface area contributed by atoms with Crippen LogP contribution in [0.25, 0.3) is 0 Å². The highest BCUT2D eigenvalue weighted by atomic mass is 32.1. The Morgan fingerprint density at radius 3 is 2.54 bits per heavy atom. The van der Waals surface area contributed by atoms with Crippen LogP contribution in [-0.4, -0.2) is 25.0 Å². The zero-order valence-electron chi connectivity index (χ0n) is 14.4. The van der Waals surface area contributed by atoms with Crippen molar-refractivity contribution >= 4 is 22.4 Å². The summed E-state index contributed by atoms with van der Waals surface area (Å²) in [6.07, 6.45) is 0. The van der Waals surface area contributed by atoms with E-state index in [1.165, 1.54) is 16.9 Å². The third-order valence-electron chi connectivity index (χ3n) is 3.77. The van der Waals surface area contributed by atoms with Crippen molar-refractivity contribution in [2.24, 2.45) is 0 Å². The Kier molecular flexibility index (Phi) is 5.96. The lowest BCUT2D eigenvalue weighted by molar-refractivity contribution is 0.251. The van der Waals surface area contributed by atoms with Gasteiger partial charge in [-0.25, -0.2) is 4.79 Å². The Morgan fingerprint density at radius 1 is 1.25 bits per heavy atom. The Labute approximate surface area is 146 Å². The minimum absolute atomic E-state index is 0.299. The lowest BCUT2D eigenvalue weighted by Crippen LogP contribution is -2.28. The Bertz CT molecular complexity index is 774. The number of nitrogens with one attached hydrogen (secondary N) is 2. The summed E-state index contributed by atoms with van der Waals surface area (Å²) < 4.78 is 0. The molecule has 0 radical (unpaired) electrons. The summed E-state index contributed by atoms with van der Waals surface area (Å²) in [6, 6.07) is 9.90. The first-order valence-corrected chi connectivity index (χ1v) is 8.50. The normalized spacial score (nSPS) is 10.5. The minimum atomic E-state index is -0.299. The minimum Gasteiger partial charge on any atom is -0.334 e. The van der Waals surface area contributed by atoms with Crippen molar-refractivity contribution in [3.8, 4) is 6.07 Å². The number of urea groups is 1. The van der Waals surface area contributed by atoms with Crippen molar-refractivity contribution in [1.29, 1.82) is 5.26 Å². The molecule has 126 valence electrons. The lowest BCUT2D eigenvalue weighted by Gasteiger charge is -2.14. The fourth-order valence-corrected chi connectivity index (χ4v) is 3.40. The van der Waals surface area contributed by atoms with E-state index in [-0.39, 0.29) is 6.03 Å². The molecule has 2 N–H and O–H groups in total. The average molecular weight is 342 g/mol. The van der Waals surface area contributed by atoms with Gasteiger partial charge in [0.1, 0.15) is 11.1 Å². The second kappa shape index (κ2) is 7.95. The van der Waals surface area contributed by atoms with E-state index in [4.69, 9.17) is 0 Å². The molecule has 0 aliphatic rings. The van der Waals surface area contributed by atoms with Gasteiger partial charge in [0.15, 0.2) is 0 Å². The molecule has 5 nitrogen and oxygen atoms in total.